The first-order chi connectivity index (χ1) is 14.0. The number of benzene rings is 1. The third-order valence-electron chi connectivity index (χ3n) is 5.13. The number of pyridine rings is 1. The molecule has 1 spiro atoms. The van der Waals surface area contributed by atoms with Crippen molar-refractivity contribution in [1.82, 2.24) is 4.98 Å². The van der Waals surface area contributed by atoms with Gasteiger partial charge in [0.15, 0.2) is 5.79 Å². The quantitative estimate of drug-likeness (QED) is 0.825. The van der Waals surface area contributed by atoms with Gasteiger partial charge in [-0.3, -0.25) is 9.59 Å². The van der Waals surface area contributed by atoms with Crippen LogP contribution in [0.1, 0.15) is 30.3 Å². The van der Waals surface area contributed by atoms with Gasteiger partial charge < -0.3 is 25.0 Å². The highest BCUT2D eigenvalue weighted by Crippen LogP contribution is 2.33. The largest absolute Gasteiger partial charge is 0.370 e. The van der Waals surface area contributed by atoms with Crippen LogP contribution in [0.25, 0.3) is 0 Å². The highest BCUT2D eigenvalue weighted by molar-refractivity contribution is 6.03. The molecule has 2 fully saturated rings. The maximum Gasteiger partial charge on any atom is 0.274 e. The maximum atomic E-state index is 12.5. The molecule has 2 N–H and O–H groups in total. The summed E-state index contributed by atoms with van der Waals surface area (Å²) in [5, 5.41) is 5.50. The number of aromatic nitrogens is 1. The van der Waals surface area contributed by atoms with Gasteiger partial charge in [-0.05, 0) is 30.3 Å². The van der Waals surface area contributed by atoms with Crippen LogP contribution in [0.2, 0.25) is 0 Å². The standard InChI is InChI=1S/C21H24N4O4/c1-15(26)23-16-3-2-4-17(13-16)24-20(27)19-6-5-18(14-22-19)25-9-7-21(8-10-25)28-11-12-29-21/h2-6,13-14H,7-12H2,1H3,(H,23,26)(H,24,27). The molecular formula is C21H24N4O4. The summed E-state index contributed by atoms with van der Waals surface area (Å²) in [6.07, 6.45) is 3.36. The third kappa shape index (κ3) is 4.55. The predicted octanol–water partition coefficient (Wildman–Crippen LogP) is 2.64. The zero-order chi connectivity index (χ0) is 20.3. The summed E-state index contributed by atoms with van der Waals surface area (Å²) in [6, 6.07) is 10.6. The van der Waals surface area contributed by atoms with Gasteiger partial charge in [0, 0.05) is 44.2 Å². The summed E-state index contributed by atoms with van der Waals surface area (Å²) in [5.74, 6) is -0.877. The van der Waals surface area contributed by atoms with Crippen molar-refractivity contribution in [1.29, 1.82) is 0 Å². The Kier molecular flexibility index (Phi) is 5.46. The Morgan fingerprint density at radius 2 is 1.72 bits per heavy atom. The topological polar surface area (TPSA) is 92.8 Å². The number of anilines is 3. The second-order valence-electron chi connectivity index (χ2n) is 7.21. The highest BCUT2D eigenvalue weighted by Gasteiger charge is 2.39. The average molecular weight is 396 g/mol. The van der Waals surface area contributed by atoms with Crippen molar-refractivity contribution in [3.05, 3.63) is 48.3 Å². The van der Waals surface area contributed by atoms with Crippen LogP contribution in [0.4, 0.5) is 17.1 Å². The number of carbonyl (C=O) groups excluding carboxylic acids is 2. The smallest absolute Gasteiger partial charge is 0.274 e. The van der Waals surface area contributed by atoms with Gasteiger partial charge in [0.25, 0.3) is 5.91 Å². The number of piperidine rings is 1. The molecule has 2 aliphatic rings. The normalized spacial score (nSPS) is 17.9. The summed E-state index contributed by atoms with van der Waals surface area (Å²) in [5.41, 5.74) is 2.51. The van der Waals surface area contributed by atoms with Crippen molar-refractivity contribution in [2.75, 3.05) is 41.8 Å². The minimum absolute atomic E-state index is 0.166. The number of hydrogen-bond donors (Lipinski definition) is 2. The molecule has 1 aromatic heterocycles. The second kappa shape index (κ2) is 8.18. The molecule has 29 heavy (non-hydrogen) atoms. The zero-order valence-corrected chi connectivity index (χ0v) is 16.3. The van der Waals surface area contributed by atoms with Crippen molar-refractivity contribution in [2.45, 2.75) is 25.6 Å². The Morgan fingerprint density at radius 3 is 2.34 bits per heavy atom. The summed E-state index contributed by atoms with van der Waals surface area (Å²) in [7, 11) is 0. The van der Waals surface area contributed by atoms with Gasteiger partial charge in [-0.1, -0.05) is 6.07 Å². The lowest BCUT2D eigenvalue weighted by molar-refractivity contribution is -0.169. The number of amides is 2. The van der Waals surface area contributed by atoms with Crippen LogP contribution in [-0.2, 0) is 14.3 Å². The Morgan fingerprint density at radius 1 is 1.03 bits per heavy atom. The fourth-order valence-electron chi connectivity index (χ4n) is 3.67. The van der Waals surface area contributed by atoms with Gasteiger partial charge in [0.05, 0.1) is 25.1 Å². The van der Waals surface area contributed by atoms with Gasteiger partial charge in [-0.25, -0.2) is 4.98 Å². The van der Waals surface area contributed by atoms with Gasteiger partial charge >= 0.3 is 0 Å². The first kappa shape index (κ1) is 19.4. The highest BCUT2D eigenvalue weighted by atomic mass is 16.7. The predicted molar refractivity (Wildman–Crippen MR) is 109 cm³/mol. The molecule has 8 heteroatoms. The van der Waals surface area contributed by atoms with E-state index in [9.17, 15) is 9.59 Å². The van der Waals surface area contributed by atoms with Crippen LogP contribution in [0.5, 0.6) is 0 Å². The van der Waals surface area contributed by atoms with Crippen LogP contribution in [0.3, 0.4) is 0 Å². The molecule has 0 unspecified atom stereocenters. The van der Waals surface area contributed by atoms with Crippen molar-refractivity contribution in [2.24, 2.45) is 0 Å². The van der Waals surface area contributed by atoms with Crippen LogP contribution < -0.4 is 15.5 Å². The Balaban J connectivity index is 1.36. The molecule has 152 valence electrons. The molecule has 2 amide bonds. The van der Waals surface area contributed by atoms with Crippen LogP contribution >= 0.6 is 0 Å². The van der Waals surface area contributed by atoms with Crippen molar-refractivity contribution < 1.29 is 19.1 Å². The minimum atomic E-state index is -0.407. The number of ether oxygens (including phenoxy) is 2. The lowest BCUT2D eigenvalue weighted by Gasteiger charge is -2.38. The van der Waals surface area contributed by atoms with Gasteiger partial charge in [0.2, 0.25) is 5.91 Å². The molecule has 2 aliphatic heterocycles. The molecule has 3 heterocycles. The molecule has 2 aromatic rings. The summed E-state index contributed by atoms with van der Waals surface area (Å²) in [6.45, 7) is 4.41. The van der Waals surface area contributed by atoms with E-state index in [2.05, 4.69) is 20.5 Å². The Bertz CT molecular complexity index is 884. The van der Waals surface area contributed by atoms with E-state index in [4.69, 9.17) is 9.47 Å². The van der Waals surface area contributed by atoms with E-state index < -0.39 is 5.79 Å². The second-order valence-corrected chi connectivity index (χ2v) is 7.21. The SMILES string of the molecule is CC(=O)Nc1cccc(NC(=O)c2ccc(N3CCC4(CC3)OCCO4)cn2)c1. The van der Waals surface area contributed by atoms with E-state index in [-0.39, 0.29) is 11.8 Å². The minimum Gasteiger partial charge on any atom is -0.370 e. The first-order valence-electron chi connectivity index (χ1n) is 9.71. The molecule has 0 radical (unpaired) electrons. The number of nitrogens with zero attached hydrogens (tertiary/aromatic N) is 2. The van der Waals surface area contributed by atoms with Crippen LogP contribution in [-0.4, -0.2) is 48.9 Å². The summed E-state index contributed by atoms with van der Waals surface area (Å²) < 4.78 is 11.5. The molecule has 0 atom stereocenters. The lowest BCUT2D eigenvalue weighted by Crippen LogP contribution is -2.45. The van der Waals surface area contributed by atoms with Crippen LogP contribution in [0.15, 0.2) is 42.6 Å². The zero-order valence-electron chi connectivity index (χ0n) is 16.3. The summed E-state index contributed by atoms with van der Waals surface area (Å²) in [4.78, 5) is 30.2. The Hall–Kier alpha value is -2.97. The molecule has 0 saturated carbocycles. The van der Waals surface area contributed by atoms with E-state index in [0.717, 1.165) is 31.6 Å². The molecule has 0 bridgehead atoms. The van der Waals surface area contributed by atoms with Crippen molar-refractivity contribution >= 4 is 28.9 Å². The fraction of sp³-hybridized carbons (Fsp3) is 0.381. The Labute approximate surface area is 169 Å². The van der Waals surface area contributed by atoms with Crippen molar-refractivity contribution in [3.63, 3.8) is 0 Å². The maximum absolute atomic E-state index is 12.5. The molecule has 0 aliphatic carbocycles. The average Bonchev–Trinajstić information content (AvgIpc) is 3.16. The number of carbonyl (C=O) groups is 2. The third-order valence-corrected chi connectivity index (χ3v) is 5.13. The molecule has 4 rings (SSSR count). The molecule has 8 nitrogen and oxygen atoms in total. The first-order valence-corrected chi connectivity index (χ1v) is 9.71. The van der Waals surface area contributed by atoms with E-state index in [1.807, 2.05) is 6.07 Å². The van der Waals surface area contributed by atoms with Gasteiger partial charge in [0.1, 0.15) is 5.69 Å². The van der Waals surface area contributed by atoms with E-state index in [1.54, 1.807) is 36.5 Å². The summed E-state index contributed by atoms with van der Waals surface area (Å²) >= 11 is 0. The number of nitrogens with one attached hydrogen (secondary N) is 2. The molecule has 2 saturated heterocycles. The van der Waals surface area contributed by atoms with Gasteiger partial charge in [-0.15, -0.1) is 0 Å². The number of rotatable bonds is 4. The fourth-order valence-corrected chi connectivity index (χ4v) is 3.67. The molecule has 1 aromatic carbocycles. The number of hydrogen-bond acceptors (Lipinski definition) is 6. The van der Waals surface area contributed by atoms with Gasteiger partial charge in [-0.2, -0.15) is 0 Å². The van der Waals surface area contributed by atoms with Crippen molar-refractivity contribution in [3.8, 4) is 0 Å². The monoisotopic (exact) mass is 396 g/mol. The van der Waals surface area contributed by atoms with E-state index >= 15 is 0 Å². The van der Waals surface area contributed by atoms with Crippen LogP contribution in [0, 0.1) is 0 Å². The lowest BCUT2D eigenvalue weighted by atomic mass is 10.0. The van der Waals surface area contributed by atoms with E-state index in [0.29, 0.717) is 30.3 Å². The van der Waals surface area contributed by atoms with E-state index in [1.165, 1.54) is 6.92 Å². The molecular weight excluding hydrogens is 372 g/mol.